The Hall–Kier alpha value is -2.15. The van der Waals surface area contributed by atoms with E-state index in [-0.39, 0.29) is 11.6 Å². The van der Waals surface area contributed by atoms with Gasteiger partial charge < -0.3 is 5.73 Å². The monoisotopic (exact) mass is 199 g/mol. The second-order valence-electron chi connectivity index (χ2n) is 3.52. The van der Waals surface area contributed by atoms with E-state index < -0.39 is 5.92 Å². The standard InChI is InChI=1S/C11H9N3O/c12-5-6-2-1-3-7-8(6)4-9(10(7)15)11(13)14/h1-3,9H,4H2,(H3,13,14). The second-order valence-corrected chi connectivity index (χ2v) is 3.52. The van der Waals surface area contributed by atoms with Gasteiger partial charge in [0.05, 0.1) is 17.6 Å². The molecule has 4 nitrogen and oxygen atoms in total. The van der Waals surface area contributed by atoms with Crippen molar-refractivity contribution >= 4 is 11.6 Å². The van der Waals surface area contributed by atoms with E-state index in [9.17, 15) is 4.79 Å². The van der Waals surface area contributed by atoms with E-state index in [1.807, 2.05) is 6.07 Å². The molecule has 0 saturated heterocycles. The molecule has 15 heavy (non-hydrogen) atoms. The Bertz CT molecular complexity index is 499. The van der Waals surface area contributed by atoms with Gasteiger partial charge in [-0.05, 0) is 18.1 Å². The Balaban J connectivity index is 2.55. The molecule has 0 bridgehead atoms. The molecule has 0 fully saturated rings. The molecule has 2 rings (SSSR count). The van der Waals surface area contributed by atoms with E-state index in [4.69, 9.17) is 16.4 Å². The molecule has 1 aliphatic rings. The van der Waals surface area contributed by atoms with Crippen molar-refractivity contribution in [3.05, 3.63) is 34.9 Å². The van der Waals surface area contributed by atoms with E-state index in [0.29, 0.717) is 17.5 Å². The third-order valence-corrected chi connectivity index (χ3v) is 2.66. The van der Waals surface area contributed by atoms with Crippen LogP contribution in [0.25, 0.3) is 0 Å². The van der Waals surface area contributed by atoms with Crippen molar-refractivity contribution in [1.29, 1.82) is 10.7 Å². The molecule has 0 heterocycles. The van der Waals surface area contributed by atoms with Crippen molar-refractivity contribution in [2.75, 3.05) is 0 Å². The number of nitrogens with two attached hydrogens (primary N) is 1. The van der Waals surface area contributed by atoms with Crippen molar-refractivity contribution in [3.63, 3.8) is 0 Å². The number of rotatable bonds is 1. The molecular weight excluding hydrogens is 190 g/mol. The molecule has 0 spiro atoms. The van der Waals surface area contributed by atoms with Crippen molar-refractivity contribution < 1.29 is 4.79 Å². The first kappa shape index (κ1) is 9.41. The fourth-order valence-corrected chi connectivity index (χ4v) is 1.88. The van der Waals surface area contributed by atoms with Gasteiger partial charge in [0.25, 0.3) is 0 Å². The molecule has 0 aromatic heterocycles. The predicted octanol–water partition coefficient (Wildman–Crippen LogP) is 0.849. The number of hydrogen-bond donors (Lipinski definition) is 2. The molecule has 1 aromatic carbocycles. The van der Waals surface area contributed by atoms with Crippen molar-refractivity contribution in [2.24, 2.45) is 11.7 Å². The minimum atomic E-state index is -0.575. The first-order valence-electron chi connectivity index (χ1n) is 4.55. The Morgan fingerprint density at radius 2 is 2.33 bits per heavy atom. The summed E-state index contributed by atoms with van der Waals surface area (Å²) >= 11 is 0. The van der Waals surface area contributed by atoms with Crippen LogP contribution in [-0.2, 0) is 6.42 Å². The van der Waals surface area contributed by atoms with Gasteiger partial charge in [0.1, 0.15) is 5.84 Å². The number of fused-ring (bicyclic) bond motifs is 1. The lowest BCUT2D eigenvalue weighted by atomic mass is 10.0. The highest BCUT2D eigenvalue weighted by atomic mass is 16.1. The number of carbonyl (C=O) groups excluding carboxylic acids is 1. The first-order valence-corrected chi connectivity index (χ1v) is 4.55. The third-order valence-electron chi connectivity index (χ3n) is 2.66. The Kier molecular flexibility index (Phi) is 2.01. The summed E-state index contributed by atoms with van der Waals surface area (Å²) in [4.78, 5) is 11.8. The molecule has 0 amide bonds. The Labute approximate surface area is 86.8 Å². The largest absolute Gasteiger partial charge is 0.387 e. The Morgan fingerprint density at radius 3 is 2.93 bits per heavy atom. The highest BCUT2D eigenvalue weighted by molar-refractivity contribution is 6.14. The van der Waals surface area contributed by atoms with Crippen LogP contribution in [0, 0.1) is 22.7 Å². The number of nitriles is 1. The molecule has 1 atom stereocenters. The van der Waals surface area contributed by atoms with Crippen LogP contribution in [0.5, 0.6) is 0 Å². The first-order chi connectivity index (χ1) is 7.15. The number of ketones is 1. The van der Waals surface area contributed by atoms with E-state index in [1.54, 1.807) is 18.2 Å². The minimum absolute atomic E-state index is 0.125. The summed E-state index contributed by atoms with van der Waals surface area (Å²) in [6.45, 7) is 0. The lowest BCUT2D eigenvalue weighted by Gasteiger charge is -2.02. The van der Waals surface area contributed by atoms with Crippen LogP contribution in [0.2, 0.25) is 0 Å². The number of amidine groups is 1. The van der Waals surface area contributed by atoms with Gasteiger partial charge in [0, 0.05) is 5.56 Å². The zero-order valence-corrected chi connectivity index (χ0v) is 7.95. The number of nitrogens with one attached hydrogen (secondary N) is 1. The zero-order chi connectivity index (χ0) is 11.0. The predicted molar refractivity (Wildman–Crippen MR) is 54.6 cm³/mol. The summed E-state index contributed by atoms with van der Waals surface area (Å²) < 4.78 is 0. The van der Waals surface area contributed by atoms with Crippen LogP contribution >= 0.6 is 0 Å². The summed E-state index contributed by atoms with van der Waals surface area (Å²) in [6.07, 6.45) is 0.382. The number of nitrogens with zero attached hydrogens (tertiary/aromatic N) is 1. The lowest BCUT2D eigenvalue weighted by molar-refractivity contribution is 0.0968. The number of benzene rings is 1. The maximum absolute atomic E-state index is 11.8. The maximum atomic E-state index is 11.8. The average Bonchev–Trinajstić information content (AvgIpc) is 2.56. The normalized spacial score (nSPS) is 18.3. The average molecular weight is 199 g/mol. The highest BCUT2D eigenvalue weighted by Crippen LogP contribution is 2.28. The van der Waals surface area contributed by atoms with Crippen LogP contribution < -0.4 is 5.73 Å². The SMILES string of the molecule is N#Cc1cccc2c1CC(C(=N)N)C2=O. The van der Waals surface area contributed by atoms with Gasteiger partial charge in [0.15, 0.2) is 5.78 Å². The van der Waals surface area contributed by atoms with Crippen LogP contribution in [0.4, 0.5) is 0 Å². The minimum Gasteiger partial charge on any atom is -0.387 e. The van der Waals surface area contributed by atoms with E-state index in [0.717, 1.165) is 5.56 Å². The Morgan fingerprint density at radius 1 is 1.60 bits per heavy atom. The molecule has 0 aliphatic heterocycles. The molecule has 3 N–H and O–H groups in total. The fraction of sp³-hybridized carbons (Fsp3) is 0.182. The van der Waals surface area contributed by atoms with Crippen molar-refractivity contribution in [3.8, 4) is 6.07 Å². The van der Waals surface area contributed by atoms with Gasteiger partial charge in [-0.1, -0.05) is 12.1 Å². The molecule has 1 aliphatic carbocycles. The van der Waals surface area contributed by atoms with Crippen molar-refractivity contribution in [2.45, 2.75) is 6.42 Å². The molecule has 4 heteroatoms. The van der Waals surface area contributed by atoms with Gasteiger partial charge in [0.2, 0.25) is 0 Å². The second kappa shape index (κ2) is 3.21. The van der Waals surface area contributed by atoms with Crippen LogP contribution in [-0.4, -0.2) is 11.6 Å². The van der Waals surface area contributed by atoms with Gasteiger partial charge in [-0.3, -0.25) is 10.2 Å². The van der Waals surface area contributed by atoms with Crippen LogP contribution in [0.15, 0.2) is 18.2 Å². The molecule has 0 radical (unpaired) electrons. The summed E-state index contributed by atoms with van der Waals surface area (Å²) in [5, 5.41) is 16.2. The van der Waals surface area contributed by atoms with Crippen molar-refractivity contribution in [1.82, 2.24) is 0 Å². The summed E-state index contributed by atoms with van der Waals surface area (Å²) in [5.41, 5.74) is 7.11. The highest BCUT2D eigenvalue weighted by Gasteiger charge is 2.33. The lowest BCUT2D eigenvalue weighted by Crippen LogP contribution is -2.27. The molecule has 1 unspecified atom stereocenters. The van der Waals surface area contributed by atoms with E-state index in [1.165, 1.54) is 0 Å². The molecular formula is C11H9N3O. The smallest absolute Gasteiger partial charge is 0.174 e. The topological polar surface area (TPSA) is 90.7 Å². The maximum Gasteiger partial charge on any atom is 0.174 e. The van der Waals surface area contributed by atoms with Crippen LogP contribution in [0.1, 0.15) is 21.5 Å². The van der Waals surface area contributed by atoms with Gasteiger partial charge in [-0.15, -0.1) is 0 Å². The van der Waals surface area contributed by atoms with Crippen LogP contribution in [0.3, 0.4) is 0 Å². The quantitative estimate of drug-likeness (QED) is 0.518. The fourth-order valence-electron chi connectivity index (χ4n) is 1.88. The number of carbonyl (C=O) groups is 1. The van der Waals surface area contributed by atoms with E-state index >= 15 is 0 Å². The van der Waals surface area contributed by atoms with Gasteiger partial charge in [-0.25, -0.2) is 0 Å². The molecule has 1 aromatic rings. The number of Topliss-reactive ketones (excluding diaryl/α,β-unsaturated/α-hetero) is 1. The van der Waals surface area contributed by atoms with E-state index in [2.05, 4.69) is 0 Å². The summed E-state index contributed by atoms with van der Waals surface area (Å²) in [6, 6.07) is 7.08. The third kappa shape index (κ3) is 1.29. The molecule has 74 valence electrons. The summed E-state index contributed by atoms with van der Waals surface area (Å²) in [7, 11) is 0. The summed E-state index contributed by atoms with van der Waals surface area (Å²) in [5.74, 6) is -0.843. The van der Waals surface area contributed by atoms with Gasteiger partial charge in [-0.2, -0.15) is 5.26 Å². The number of hydrogen-bond acceptors (Lipinski definition) is 3. The molecule has 0 saturated carbocycles. The van der Waals surface area contributed by atoms with Gasteiger partial charge >= 0.3 is 0 Å². The zero-order valence-electron chi connectivity index (χ0n) is 7.95.